The van der Waals surface area contributed by atoms with Gasteiger partial charge in [-0.25, -0.2) is 4.98 Å². The van der Waals surface area contributed by atoms with Crippen LogP contribution in [0.3, 0.4) is 0 Å². The highest BCUT2D eigenvalue weighted by Crippen LogP contribution is 2.25. The fraction of sp³-hybridized carbons (Fsp3) is 0.235. The number of benzene rings is 1. The summed E-state index contributed by atoms with van der Waals surface area (Å²) in [7, 11) is 0. The minimum atomic E-state index is 0.570. The zero-order chi connectivity index (χ0) is 15.4. The van der Waals surface area contributed by atoms with Gasteiger partial charge in [-0.15, -0.1) is 0 Å². The van der Waals surface area contributed by atoms with Crippen LogP contribution < -0.4 is 4.90 Å². The average molecular weight is 292 g/mol. The number of anilines is 1. The van der Waals surface area contributed by atoms with E-state index in [-0.39, 0.29) is 0 Å². The van der Waals surface area contributed by atoms with E-state index >= 15 is 0 Å². The first-order chi connectivity index (χ1) is 10.8. The molecule has 22 heavy (non-hydrogen) atoms. The Hall–Kier alpha value is -2.87. The maximum Gasteiger partial charge on any atom is 0.209 e. The Bertz CT molecular complexity index is 700. The lowest BCUT2D eigenvalue weighted by Gasteiger charge is -2.33. The summed E-state index contributed by atoms with van der Waals surface area (Å²) in [6, 6.07) is 14.0. The van der Waals surface area contributed by atoms with Crippen molar-refractivity contribution in [3.05, 3.63) is 48.2 Å². The lowest BCUT2D eigenvalue weighted by molar-refractivity contribution is -0.118. The van der Waals surface area contributed by atoms with Crippen LogP contribution in [0, 0.1) is 11.3 Å². The predicted molar refractivity (Wildman–Crippen MR) is 84.2 cm³/mol. The summed E-state index contributed by atoms with van der Waals surface area (Å²) in [4.78, 5) is 19.1. The largest absolute Gasteiger partial charge is 0.352 e. The molecular weight excluding hydrogens is 276 g/mol. The van der Waals surface area contributed by atoms with Crippen LogP contribution in [0.15, 0.2) is 42.6 Å². The molecule has 1 amide bonds. The Morgan fingerprint density at radius 2 is 1.82 bits per heavy atom. The summed E-state index contributed by atoms with van der Waals surface area (Å²) < 4.78 is 0. The molecule has 0 N–H and O–H groups in total. The third kappa shape index (κ3) is 2.77. The number of nitrogens with zero attached hydrogens (tertiary/aromatic N) is 4. The van der Waals surface area contributed by atoms with E-state index in [2.05, 4.69) is 16.0 Å². The summed E-state index contributed by atoms with van der Waals surface area (Å²) in [6.07, 6.45) is 2.67. The monoisotopic (exact) mass is 292 g/mol. The molecule has 1 saturated heterocycles. The molecule has 0 atom stereocenters. The number of hydrogen-bond acceptors (Lipinski definition) is 4. The molecule has 1 aromatic heterocycles. The first-order valence-electron chi connectivity index (χ1n) is 7.21. The molecule has 0 saturated carbocycles. The van der Waals surface area contributed by atoms with Gasteiger partial charge in [-0.3, -0.25) is 4.79 Å². The van der Waals surface area contributed by atoms with Crippen molar-refractivity contribution in [3.63, 3.8) is 0 Å². The highest BCUT2D eigenvalue weighted by molar-refractivity contribution is 5.68. The number of pyridine rings is 1. The Balaban J connectivity index is 1.87. The fourth-order valence-electron chi connectivity index (χ4n) is 2.62. The highest BCUT2D eigenvalue weighted by atomic mass is 16.1. The maximum atomic E-state index is 10.8. The van der Waals surface area contributed by atoms with Crippen molar-refractivity contribution in [2.24, 2.45) is 0 Å². The lowest BCUT2D eigenvalue weighted by atomic mass is 10.1. The molecule has 1 fully saturated rings. The first kappa shape index (κ1) is 14.1. The van der Waals surface area contributed by atoms with Gasteiger partial charge in [0, 0.05) is 37.9 Å². The van der Waals surface area contributed by atoms with E-state index in [9.17, 15) is 10.1 Å². The molecule has 5 nitrogen and oxygen atoms in total. The third-order valence-electron chi connectivity index (χ3n) is 3.86. The van der Waals surface area contributed by atoms with Gasteiger partial charge in [-0.05, 0) is 11.6 Å². The van der Waals surface area contributed by atoms with Gasteiger partial charge in [0.25, 0.3) is 0 Å². The van der Waals surface area contributed by atoms with E-state index in [4.69, 9.17) is 0 Å². The molecule has 1 aliphatic heterocycles. The van der Waals surface area contributed by atoms with Crippen molar-refractivity contribution in [3.8, 4) is 17.2 Å². The van der Waals surface area contributed by atoms with E-state index < -0.39 is 0 Å². The predicted octanol–water partition coefficient (Wildman–Crippen LogP) is 1.90. The molecular formula is C17H16N4O. The first-order valence-corrected chi connectivity index (χ1v) is 7.21. The number of aromatic nitrogens is 1. The van der Waals surface area contributed by atoms with Gasteiger partial charge in [0.05, 0.1) is 5.56 Å². The number of carbonyl (C=O) groups is 1. The standard InChI is InChI=1S/C17H16N4O/c18-11-15-10-16(14-4-2-1-3-5-14)12-19-17(15)21-8-6-20(13-22)7-9-21/h1-5,10,12-13H,6-9H2. The van der Waals surface area contributed by atoms with E-state index in [1.807, 2.05) is 36.4 Å². The molecule has 0 spiro atoms. The number of rotatable bonds is 3. The second-order valence-electron chi connectivity index (χ2n) is 5.20. The van der Waals surface area contributed by atoms with Crippen molar-refractivity contribution < 1.29 is 4.79 Å². The normalized spacial score (nSPS) is 14.5. The molecule has 3 rings (SSSR count). The second kappa shape index (κ2) is 6.27. The molecule has 2 heterocycles. The molecule has 0 aliphatic carbocycles. The zero-order valence-corrected chi connectivity index (χ0v) is 12.1. The van der Waals surface area contributed by atoms with Crippen molar-refractivity contribution in [2.45, 2.75) is 0 Å². The molecule has 5 heteroatoms. The van der Waals surface area contributed by atoms with Crippen LogP contribution >= 0.6 is 0 Å². The second-order valence-corrected chi connectivity index (χ2v) is 5.20. The fourth-order valence-corrected chi connectivity index (χ4v) is 2.62. The van der Waals surface area contributed by atoms with E-state index in [1.54, 1.807) is 11.1 Å². The quantitative estimate of drug-likeness (QED) is 0.811. The van der Waals surface area contributed by atoms with Gasteiger partial charge in [0.1, 0.15) is 11.9 Å². The number of carbonyl (C=O) groups excluding carboxylic acids is 1. The Morgan fingerprint density at radius 3 is 2.45 bits per heavy atom. The van der Waals surface area contributed by atoms with Crippen molar-refractivity contribution in [1.29, 1.82) is 5.26 Å². The topological polar surface area (TPSA) is 60.2 Å². The minimum Gasteiger partial charge on any atom is -0.352 e. The van der Waals surface area contributed by atoms with Gasteiger partial charge >= 0.3 is 0 Å². The summed E-state index contributed by atoms with van der Waals surface area (Å²) >= 11 is 0. The van der Waals surface area contributed by atoms with Crippen LogP contribution in [-0.2, 0) is 4.79 Å². The summed E-state index contributed by atoms with van der Waals surface area (Å²) in [6.45, 7) is 2.73. The van der Waals surface area contributed by atoms with Crippen molar-refractivity contribution in [1.82, 2.24) is 9.88 Å². The summed E-state index contributed by atoms with van der Waals surface area (Å²) in [5, 5.41) is 9.44. The van der Waals surface area contributed by atoms with Gasteiger partial charge in [0.15, 0.2) is 0 Å². The number of amides is 1. The smallest absolute Gasteiger partial charge is 0.209 e. The molecule has 1 aliphatic rings. The van der Waals surface area contributed by atoms with Crippen LogP contribution in [0.4, 0.5) is 5.82 Å². The molecule has 0 unspecified atom stereocenters. The number of hydrogen-bond donors (Lipinski definition) is 0. The van der Waals surface area contributed by atoms with E-state index in [0.717, 1.165) is 17.5 Å². The highest BCUT2D eigenvalue weighted by Gasteiger charge is 2.19. The zero-order valence-electron chi connectivity index (χ0n) is 12.1. The molecule has 0 bridgehead atoms. The van der Waals surface area contributed by atoms with Gasteiger partial charge < -0.3 is 9.80 Å². The van der Waals surface area contributed by atoms with Crippen LogP contribution in [0.1, 0.15) is 5.56 Å². The summed E-state index contributed by atoms with van der Waals surface area (Å²) in [5.41, 5.74) is 2.55. The maximum absolute atomic E-state index is 10.8. The molecule has 2 aromatic rings. The van der Waals surface area contributed by atoms with Crippen LogP contribution in [0.2, 0.25) is 0 Å². The van der Waals surface area contributed by atoms with E-state index in [1.165, 1.54) is 0 Å². The third-order valence-corrected chi connectivity index (χ3v) is 3.86. The number of piperazine rings is 1. The Labute approximate surface area is 129 Å². The Kier molecular flexibility index (Phi) is 4.01. The lowest BCUT2D eigenvalue weighted by Crippen LogP contribution is -2.46. The molecule has 0 radical (unpaired) electrons. The van der Waals surface area contributed by atoms with E-state index in [0.29, 0.717) is 37.6 Å². The van der Waals surface area contributed by atoms with Gasteiger partial charge in [-0.2, -0.15) is 5.26 Å². The average Bonchev–Trinajstić information content (AvgIpc) is 2.62. The SMILES string of the molecule is N#Cc1cc(-c2ccccc2)cnc1N1CCN(C=O)CC1. The van der Waals surface area contributed by atoms with Crippen LogP contribution in [0.5, 0.6) is 0 Å². The van der Waals surface area contributed by atoms with Crippen LogP contribution in [0.25, 0.3) is 11.1 Å². The Morgan fingerprint density at radius 1 is 1.09 bits per heavy atom. The van der Waals surface area contributed by atoms with Crippen molar-refractivity contribution in [2.75, 3.05) is 31.1 Å². The van der Waals surface area contributed by atoms with Crippen LogP contribution in [-0.4, -0.2) is 42.5 Å². The van der Waals surface area contributed by atoms with Gasteiger partial charge in [0.2, 0.25) is 6.41 Å². The molecule has 110 valence electrons. The number of nitriles is 1. The summed E-state index contributed by atoms with van der Waals surface area (Å²) in [5.74, 6) is 0.702. The van der Waals surface area contributed by atoms with Crippen molar-refractivity contribution >= 4 is 12.2 Å². The molecule has 1 aromatic carbocycles. The van der Waals surface area contributed by atoms with Gasteiger partial charge in [-0.1, -0.05) is 30.3 Å². The minimum absolute atomic E-state index is 0.570.